The summed E-state index contributed by atoms with van der Waals surface area (Å²) in [6.45, 7) is 4.69. The van der Waals surface area contributed by atoms with Crippen molar-refractivity contribution in [2.75, 3.05) is 13.1 Å². The highest BCUT2D eigenvalue weighted by Crippen LogP contribution is 2.23. The highest BCUT2D eigenvalue weighted by molar-refractivity contribution is 9.10. The van der Waals surface area contributed by atoms with Crippen molar-refractivity contribution in [3.8, 4) is 0 Å². The Labute approximate surface area is 99.8 Å². The van der Waals surface area contributed by atoms with Gasteiger partial charge in [0.05, 0.1) is 5.69 Å². The van der Waals surface area contributed by atoms with Gasteiger partial charge in [0.2, 0.25) is 0 Å². The van der Waals surface area contributed by atoms with E-state index in [1.54, 1.807) is 0 Å². The first-order valence-corrected chi connectivity index (χ1v) is 6.43. The first kappa shape index (κ1) is 11.1. The Bertz CT molecular complexity index is 321. The van der Waals surface area contributed by atoms with Crippen molar-refractivity contribution in [2.24, 2.45) is 0 Å². The van der Waals surface area contributed by atoms with Crippen molar-refractivity contribution < 1.29 is 0 Å². The van der Waals surface area contributed by atoms with Crippen molar-refractivity contribution in [3.05, 3.63) is 28.5 Å². The number of hydrogen-bond donors (Lipinski definition) is 0. The van der Waals surface area contributed by atoms with Crippen molar-refractivity contribution in [2.45, 2.75) is 32.2 Å². The molecule has 82 valence electrons. The average molecular weight is 269 g/mol. The Hall–Kier alpha value is -0.410. The van der Waals surface area contributed by atoms with Crippen LogP contribution in [0.3, 0.4) is 0 Å². The van der Waals surface area contributed by atoms with Gasteiger partial charge in [-0.3, -0.25) is 4.90 Å². The van der Waals surface area contributed by atoms with Crippen LogP contribution in [0.4, 0.5) is 0 Å². The van der Waals surface area contributed by atoms with E-state index in [-0.39, 0.29) is 0 Å². The summed E-state index contributed by atoms with van der Waals surface area (Å²) in [5, 5.41) is 0. The lowest BCUT2D eigenvalue weighted by Crippen LogP contribution is -2.32. The van der Waals surface area contributed by atoms with Crippen LogP contribution in [0, 0.1) is 0 Å². The molecule has 3 heteroatoms. The van der Waals surface area contributed by atoms with E-state index < -0.39 is 0 Å². The highest BCUT2D eigenvalue weighted by atomic mass is 79.9. The number of piperidine rings is 1. The molecule has 1 atom stereocenters. The molecule has 0 bridgehead atoms. The van der Waals surface area contributed by atoms with Crippen molar-refractivity contribution in [1.29, 1.82) is 0 Å². The van der Waals surface area contributed by atoms with E-state index in [9.17, 15) is 0 Å². The van der Waals surface area contributed by atoms with Crippen LogP contribution >= 0.6 is 15.9 Å². The number of nitrogens with zero attached hydrogens (tertiary/aromatic N) is 2. The van der Waals surface area contributed by atoms with E-state index in [0.29, 0.717) is 6.04 Å². The van der Waals surface area contributed by atoms with Gasteiger partial charge in [-0.15, -0.1) is 0 Å². The molecule has 0 amide bonds. The highest BCUT2D eigenvalue weighted by Gasteiger charge is 2.18. The van der Waals surface area contributed by atoms with Crippen molar-refractivity contribution in [1.82, 2.24) is 9.88 Å². The zero-order valence-corrected chi connectivity index (χ0v) is 10.7. The molecule has 1 fully saturated rings. The second kappa shape index (κ2) is 5.08. The molecule has 2 nitrogen and oxygen atoms in total. The number of halogens is 1. The summed E-state index contributed by atoms with van der Waals surface area (Å²) in [5.74, 6) is 0. The summed E-state index contributed by atoms with van der Waals surface area (Å²) in [4.78, 5) is 7.05. The maximum Gasteiger partial charge on any atom is 0.106 e. The van der Waals surface area contributed by atoms with Gasteiger partial charge in [0.15, 0.2) is 0 Å². The third-order valence-electron chi connectivity index (χ3n) is 3.10. The van der Waals surface area contributed by atoms with Gasteiger partial charge in [0.25, 0.3) is 0 Å². The van der Waals surface area contributed by atoms with Crippen LogP contribution in [0.25, 0.3) is 0 Å². The van der Waals surface area contributed by atoms with Gasteiger partial charge in [-0.2, -0.15) is 0 Å². The molecule has 1 saturated heterocycles. The minimum Gasteiger partial charge on any atom is -0.295 e. The summed E-state index contributed by atoms with van der Waals surface area (Å²) < 4.78 is 0.934. The maximum absolute atomic E-state index is 4.52. The molecule has 1 unspecified atom stereocenters. The topological polar surface area (TPSA) is 16.1 Å². The Morgan fingerprint density at radius 1 is 1.27 bits per heavy atom. The van der Waals surface area contributed by atoms with E-state index in [1.165, 1.54) is 38.0 Å². The van der Waals surface area contributed by atoms with E-state index in [2.05, 4.69) is 44.9 Å². The molecule has 2 rings (SSSR count). The lowest BCUT2D eigenvalue weighted by molar-refractivity contribution is 0.172. The monoisotopic (exact) mass is 268 g/mol. The van der Waals surface area contributed by atoms with Crippen LogP contribution in [0.2, 0.25) is 0 Å². The molecule has 1 aromatic rings. The predicted molar refractivity (Wildman–Crippen MR) is 65.8 cm³/mol. The zero-order valence-electron chi connectivity index (χ0n) is 9.12. The molecule has 2 heterocycles. The Morgan fingerprint density at radius 2 is 2.00 bits per heavy atom. The van der Waals surface area contributed by atoms with Crippen LogP contribution in [-0.4, -0.2) is 23.0 Å². The molecular weight excluding hydrogens is 252 g/mol. The van der Waals surface area contributed by atoms with Crippen LogP contribution in [0.1, 0.15) is 37.9 Å². The first-order chi connectivity index (χ1) is 7.27. The van der Waals surface area contributed by atoms with Gasteiger partial charge in [0, 0.05) is 6.04 Å². The second-order valence-electron chi connectivity index (χ2n) is 4.16. The Morgan fingerprint density at radius 3 is 2.67 bits per heavy atom. The fourth-order valence-corrected chi connectivity index (χ4v) is 2.51. The summed E-state index contributed by atoms with van der Waals surface area (Å²) in [5.41, 5.74) is 1.17. The van der Waals surface area contributed by atoms with Crippen LogP contribution in [0.15, 0.2) is 22.8 Å². The minimum atomic E-state index is 0.447. The molecule has 1 aromatic heterocycles. The van der Waals surface area contributed by atoms with E-state index in [1.807, 2.05) is 6.07 Å². The standard InChI is InChI=1S/C12H17BrN2/c1-10(15-8-3-2-4-9-15)11-6-5-7-12(13)14-11/h5-7,10H,2-4,8-9H2,1H3. The maximum atomic E-state index is 4.52. The molecule has 0 saturated carbocycles. The molecule has 0 N–H and O–H groups in total. The summed E-state index contributed by atoms with van der Waals surface area (Å²) in [6, 6.07) is 6.60. The Kier molecular flexibility index (Phi) is 3.76. The Balaban J connectivity index is 2.08. The molecule has 1 aliphatic heterocycles. The summed E-state index contributed by atoms with van der Waals surface area (Å²) in [7, 11) is 0. The molecule has 0 spiro atoms. The number of aromatic nitrogens is 1. The average Bonchev–Trinajstić information content (AvgIpc) is 2.29. The zero-order chi connectivity index (χ0) is 10.7. The number of rotatable bonds is 2. The van der Waals surface area contributed by atoms with Crippen LogP contribution < -0.4 is 0 Å². The number of likely N-dealkylation sites (tertiary alicyclic amines) is 1. The van der Waals surface area contributed by atoms with Crippen LogP contribution in [0.5, 0.6) is 0 Å². The second-order valence-corrected chi connectivity index (χ2v) is 4.97. The molecular formula is C12H17BrN2. The van der Waals surface area contributed by atoms with Gasteiger partial charge >= 0.3 is 0 Å². The van der Waals surface area contributed by atoms with E-state index in [4.69, 9.17) is 0 Å². The predicted octanol–water partition coefficient (Wildman–Crippen LogP) is 3.39. The van der Waals surface area contributed by atoms with Gasteiger partial charge in [-0.05, 0) is 60.9 Å². The third kappa shape index (κ3) is 2.79. The number of pyridine rings is 1. The molecule has 15 heavy (non-hydrogen) atoms. The smallest absolute Gasteiger partial charge is 0.106 e. The lowest BCUT2D eigenvalue weighted by Gasteiger charge is -2.31. The summed E-state index contributed by atoms with van der Waals surface area (Å²) in [6.07, 6.45) is 4.05. The van der Waals surface area contributed by atoms with Crippen molar-refractivity contribution >= 4 is 15.9 Å². The van der Waals surface area contributed by atoms with Gasteiger partial charge < -0.3 is 0 Å². The largest absolute Gasteiger partial charge is 0.295 e. The van der Waals surface area contributed by atoms with E-state index in [0.717, 1.165) is 4.60 Å². The van der Waals surface area contributed by atoms with Crippen molar-refractivity contribution in [3.63, 3.8) is 0 Å². The molecule has 0 aliphatic carbocycles. The SMILES string of the molecule is CC(c1cccc(Br)n1)N1CCCCC1. The number of hydrogen-bond acceptors (Lipinski definition) is 2. The molecule has 0 aromatic carbocycles. The lowest BCUT2D eigenvalue weighted by atomic mass is 10.1. The fourth-order valence-electron chi connectivity index (χ4n) is 2.15. The molecule has 0 radical (unpaired) electrons. The third-order valence-corrected chi connectivity index (χ3v) is 3.54. The van der Waals surface area contributed by atoms with E-state index >= 15 is 0 Å². The van der Waals surface area contributed by atoms with Crippen LogP contribution in [-0.2, 0) is 0 Å². The quantitative estimate of drug-likeness (QED) is 0.765. The van der Waals surface area contributed by atoms with Gasteiger partial charge in [0.1, 0.15) is 4.60 Å². The van der Waals surface area contributed by atoms with Gasteiger partial charge in [-0.1, -0.05) is 12.5 Å². The van der Waals surface area contributed by atoms with Gasteiger partial charge in [-0.25, -0.2) is 4.98 Å². The minimum absolute atomic E-state index is 0.447. The summed E-state index contributed by atoms with van der Waals surface area (Å²) >= 11 is 3.42. The fraction of sp³-hybridized carbons (Fsp3) is 0.583. The normalized spacial score (nSPS) is 20.1. The molecule has 1 aliphatic rings. The first-order valence-electron chi connectivity index (χ1n) is 5.64.